The van der Waals surface area contributed by atoms with Crippen molar-refractivity contribution in [2.45, 2.75) is 193 Å². The van der Waals surface area contributed by atoms with Gasteiger partial charge in [-0.25, -0.2) is 0 Å². The van der Waals surface area contributed by atoms with Crippen LogP contribution in [0.4, 0.5) is 0 Å². The molecule has 1 aromatic rings. The first-order chi connectivity index (χ1) is 22.3. The maximum atomic E-state index is 7.69. The summed E-state index contributed by atoms with van der Waals surface area (Å²) in [6, 6.07) is 9.10. The Hall–Kier alpha value is -0.152. The van der Waals surface area contributed by atoms with Crippen LogP contribution in [-0.2, 0) is 30.5 Å². The van der Waals surface area contributed by atoms with Gasteiger partial charge in [-0.2, -0.15) is 0 Å². The van der Waals surface area contributed by atoms with E-state index in [0.717, 1.165) is 25.9 Å². The molecule has 0 amide bonds. The van der Waals surface area contributed by atoms with Crippen molar-refractivity contribution in [2.24, 2.45) is 5.73 Å². The van der Waals surface area contributed by atoms with Crippen molar-refractivity contribution in [1.82, 2.24) is 4.90 Å². The molecular weight excluding hydrogens is 685 g/mol. The fourth-order valence-corrected chi connectivity index (χ4v) is 10.4. The van der Waals surface area contributed by atoms with Crippen LogP contribution in [0.5, 0.6) is 0 Å². The number of rotatable bonds is 14. The van der Waals surface area contributed by atoms with Crippen molar-refractivity contribution in [1.29, 1.82) is 0 Å². The molecule has 1 heterocycles. The molecule has 1 aliphatic rings. The minimum absolute atomic E-state index is 0.0443. The van der Waals surface area contributed by atoms with E-state index in [9.17, 15) is 0 Å². The monoisotopic (exact) mass is 767 g/mol. The molecule has 4 atom stereocenters. The van der Waals surface area contributed by atoms with Crippen molar-refractivity contribution in [3.8, 4) is 0 Å². The Bertz CT molecular complexity index is 1210. The molecule has 2 rings (SSSR count). The highest BCUT2D eigenvalue weighted by molar-refractivity contribution is 6.75. The smallest absolute Gasteiger partial charge is 0.192 e. The molecule has 0 bridgehead atoms. The second kappa shape index (κ2) is 16.3. The number of likely N-dealkylation sites (tertiary alicyclic amines) is 1. The molecule has 2 N–H and O–H groups in total. The van der Waals surface area contributed by atoms with Gasteiger partial charge in [-0.15, -0.1) is 0 Å². The van der Waals surface area contributed by atoms with Gasteiger partial charge < -0.3 is 23.4 Å². The highest BCUT2D eigenvalue weighted by Gasteiger charge is 2.55. The summed E-state index contributed by atoms with van der Waals surface area (Å²) in [5, 5.41) is 0.278. The van der Waals surface area contributed by atoms with Crippen LogP contribution in [0, 0.1) is 0 Å². The van der Waals surface area contributed by atoms with Crippen molar-refractivity contribution < 1.29 is 17.7 Å². The molecule has 1 aromatic carbocycles. The Morgan fingerprint density at radius 2 is 0.960 bits per heavy atom. The molecule has 292 valence electrons. The predicted molar refractivity (Wildman–Crippen MR) is 228 cm³/mol. The molecule has 0 aliphatic carbocycles. The summed E-state index contributed by atoms with van der Waals surface area (Å²) in [5.41, 5.74) is 8.50. The lowest BCUT2D eigenvalue weighted by atomic mass is 9.93. The topological polar surface area (TPSA) is 66.2 Å². The normalized spacial score (nSPS) is 22.7. The van der Waals surface area contributed by atoms with Crippen LogP contribution in [0.25, 0.3) is 0 Å². The standard InChI is InChI=1S/C40H82N2O4Si4/c1-37(2,3)47(13,14)43-30-33-35(45-49(17,18)39(7,8)9)36(46-50(19,20)40(10,11)12)34(44-48(15,16)38(4,5)6)29-42(33)28-26-32-23-21-31(22-24-32)25-27-41/h21-24,33-36H,25-30,41H2,1-20H3/t33-,34+,35-,36-/m1/s1. The zero-order chi connectivity index (χ0) is 38.9. The van der Waals surface area contributed by atoms with E-state index in [-0.39, 0.29) is 44.5 Å². The molecule has 0 radical (unpaired) electrons. The number of hydrogen-bond donors (Lipinski definition) is 1. The van der Waals surface area contributed by atoms with Gasteiger partial charge in [0.15, 0.2) is 33.3 Å². The third-order valence-electron chi connectivity index (χ3n) is 13.2. The van der Waals surface area contributed by atoms with Gasteiger partial charge in [0.2, 0.25) is 0 Å². The molecule has 0 aromatic heterocycles. The first kappa shape index (κ1) is 46.0. The highest BCUT2D eigenvalue weighted by Crippen LogP contribution is 2.46. The Balaban J connectivity index is 2.80. The zero-order valence-electron chi connectivity index (χ0n) is 36.5. The molecule has 0 unspecified atom stereocenters. The van der Waals surface area contributed by atoms with E-state index in [2.05, 4.69) is 165 Å². The maximum absolute atomic E-state index is 7.69. The molecule has 0 saturated carbocycles. The summed E-state index contributed by atoms with van der Waals surface area (Å²) >= 11 is 0. The molecular formula is C40H82N2O4Si4. The minimum atomic E-state index is -2.25. The fourth-order valence-electron chi connectivity index (χ4n) is 5.37. The molecule has 0 spiro atoms. The number of benzene rings is 1. The summed E-state index contributed by atoms with van der Waals surface area (Å²) in [7, 11) is -8.72. The van der Waals surface area contributed by atoms with Crippen LogP contribution in [0.15, 0.2) is 24.3 Å². The van der Waals surface area contributed by atoms with E-state index in [0.29, 0.717) is 13.2 Å². The lowest BCUT2D eigenvalue weighted by molar-refractivity contribution is -0.128. The lowest BCUT2D eigenvalue weighted by Gasteiger charge is -2.56. The Labute approximate surface area is 314 Å². The molecule has 50 heavy (non-hydrogen) atoms. The predicted octanol–water partition coefficient (Wildman–Crippen LogP) is 10.6. The summed E-state index contributed by atoms with van der Waals surface area (Å²) in [5.74, 6) is 0. The lowest BCUT2D eigenvalue weighted by Crippen LogP contribution is -2.70. The molecule has 6 nitrogen and oxygen atoms in total. The number of nitrogens with two attached hydrogens (primary N) is 1. The van der Waals surface area contributed by atoms with Crippen LogP contribution >= 0.6 is 0 Å². The van der Waals surface area contributed by atoms with Crippen molar-refractivity contribution >= 4 is 33.3 Å². The van der Waals surface area contributed by atoms with Gasteiger partial charge in [0.05, 0.1) is 31.0 Å². The van der Waals surface area contributed by atoms with E-state index in [1.54, 1.807) is 0 Å². The van der Waals surface area contributed by atoms with Gasteiger partial charge >= 0.3 is 0 Å². The average Bonchev–Trinajstić information content (AvgIpc) is 2.91. The molecule has 1 saturated heterocycles. The zero-order valence-corrected chi connectivity index (χ0v) is 40.5. The van der Waals surface area contributed by atoms with Crippen molar-refractivity contribution in [2.75, 3.05) is 26.2 Å². The van der Waals surface area contributed by atoms with Crippen molar-refractivity contribution in [3.63, 3.8) is 0 Å². The van der Waals surface area contributed by atoms with Crippen LogP contribution in [0.1, 0.15) is 94.2 Å². The van der Waals surface area contributed by atoms with Gasteiger partial charge in [0, 0.05) is 13.1 Å². The van der Waals surface area contributed by atoms with Gasteiger partial charge in [0.1, 0.15) is 0 Å². The average molecular weight is 767 g/mol. The molecule has 1 fully saturated rings. The SMILES string of the molecule is CC(C)(C)[Si](C)(C)OC[C@@H]1[C@@H](O[Si](C)(C)C(C)(C)C)[C@H](O[Si](C)(C)C(C)(C)C)[C@@H](O[Si](C)(C)C(C)(C)C)CN1CCc1ccc(CCN)cc1. The number of nitrogens with zero attached hydrogens (tertiary/aromatic N) is 1. The summed E-state index contributed by atoms with van der Waals surface area (Å²) in [4.78, 5) is 2.67. The van der Waals surface area contributed by atoms with Gasteiger partial charge in [-0.3, -0.25) is 4.90 Å². The first-order valence-electron chi connectivity index (χ1n) is 19.5. The van der Waals surface area contributed by atoms with Gasteiger partial charge in [-0.05, 0) is 103 Å². The maximum Gasteiger partial charge on any atom is 0.192 e. The van der Waals surface area contributed by atoms with E-state index in [4.69, 9.17) is 23.4 Å². The summed E-state index contributed by atoms with van der Waals surface area (Å²) < 4.78 is 30.0. The largest absolute Gasteiger partial charge is 0.415 e. The second-order valence-corrected chi connectivity index (χ2v) is 40.4. The second-order valence-electron chi connectivity index (χ2n) is 21.3. The van der Waals surface area contributed by atoms with E-state index in [1.165, 1.54) is 11.1 Å². The van der Waals surface area contributed by atoms with Crippen molar-refractivity contribution in [3.05, 3.63) is 35.4 Å². The van der Waals surface area contributed by atoms with Crippen LogP contribution in [0.2, 0.25) is 72.5 Å². The third-order valence-corrected chi connectivity index (χ3v) is 31.2. The van der Waals surface area contributed by atoms with Crippen LogP contribution < -0.4 is 5.73 Å². The number of hydrogen-bond acceptors (Lipinski definition) is 6. The Morgan fingerprint density at radius 1 is 0.580 bits per heavy atom. The summed E-state index contributed by atoms with van der Waals surface area (Å²) in [6.45, 7) is 50.2. The van der Waals surface area contributed by atoms with E-state index >= 15 is 0 Å². The highest BCUT2D eigenvalue weighted by atomic mass is 28.4. The first-order valence-corrected chi connectivity index (χ1v) is 31.1. The number of piperidine rings is 1. The Morgan fingerprint density at radius 3 is 1.36 bits per heavy atom. The van der Waals surface area contributed by atoms with E-state index < -0.39 is 33.3 Å². The van der Waals surface area contributed by atoms with Gasteiger partial charge in [0.25, 0.3) is 0 Å². The quantitative estimate of drug-likeness (QED) is 0.190. The van der Waals surface area contributed by atoms with Crippen LogP contribution in [0.3, 0.4) is 0 Å². The third kappa shape index (κ3) is 11.7. The van der Waals surface area contributed by atoms with Crippen LogP contribution in [-0.4, -0.2) is 88.8 Å². The fraction of sp³-hybridized carbons (Fsp3) is 0.850. The van der Waals surface area contributed by atoms with E-state index in [1.807, 2.05) is 0 Å². The Kier molecular flexibility index (Phi) is 15.0. The minimum Gasteiger partial charge on any atom is -0.415 e. The molecule has 10 heteroatoms. The van der Waals surface area contributed by atoms with Gasteiger partial charge in [-0.1, -0.05) is 107 Å². The summed E-state index contributed by atoms with van der Waals surface area (Å²) in [6.07, 6.45) is 1.40. The molecule has 1 aliphatic heterocycles.